The fourth-order valence-corrected chi connectivity index (χ4v) is 5.14. The molecule has 0 aromatic rings. The molecule has 0 heterocycles. The van der Waals surface area contributed by atoms with Crippen molar-refractivity contribution in [3.05, 3.63) is 24.3 Å². The highest BCUT2D eigenvalue weighted by Gasteiger charge is 2.14. The maximum Gasteiger partial charge on any atom is 0.165 e. The number of rotatable bonds is 31. The molecule has 0 fully saturated rings. The largest absolute Gasteiger partial charge is 0.303 e. The quantitative estimate of drug-likeness (QED) is 0.0293. The van der Waals surface area contributed by atoms with Gasteiger partial charge in [-0.1, -0.05) is 160 Å². The monoisotopic (exact) mass is 531 g/mol. The first kappa shape index (κ1) is 36.8. The van der Waals surface area contributed by atoms with Crippen molar-refractivity contribution >= 4 is 12.1 Å². The number of carbonyl (C=O) groups excluding carboxylic acids is 2. The number of aldehydes is 1. The maximum atomic E-state index is 12.3. The highest BCUT2D eigenvalue weighted by Crippen LogP contribution is 2.15. The van der Waals surface area contributed by atoms with E-state index in [1.807, 2.05) is 6.08 Å². The van der Waals surface area contributed by atoms with E-state index in [4.69, 9.17) is 0 Å². The lowest BCUT2D eigenvalue weighted by atomic mass is 9.97. The third-order valence-corrected chi connectivity index (χ3v) is 7.81. The molecule has 0 bridgehead atoms. The number of carbonyl (C=O) groups is 2. The van der Waals surface area contributed by atoms with E-state index in [9.17, 15) is 9.59 Å². The SMILES string of the molecule is CCCCCCCC/C=C\CCCCCCC(C=O)C(=O)C=CCCCCCCCCCCCCCCC. The molecule has 0 saturated heterocycles. The second-order valence-corrected chi connectivity index (χ2v) is 11.6. The summed E-state index contributed by atoms with van der Waals surface area (Å²) in [4.78, 5) is 23.8. The summed E-state index contributed by atoms with van der Waals surface area (Å²) < 4.78 is 0. The van der Waals surface area contributed by atoms with Crippen molar-refractivity contribution in [3.63, 3.8) is 0 Å². The van der Waals surface area contributed by atoms with Crippen LogP contribution in [-0.4, -0.2) is 12.1 Å². The number of unbranched alkanes of at least 4 members (excludes halogenated alkanes) is 23. The van der Waals surface area contributed by atoms with Crippen molar-refractivity contribution in [3.8, 4) is 0 Å². The van der Waals surface area contributed by atoms with Crippen LogP contribution in [0.3, 0.4) is 0 Å². The van der Waals surface area contributed by atoms with Gasteiger partial charge in [-0.25, -0.2) is 0 Å². The van der Waals surface area contributed by atoms with Crippen molar-refractivity contribution in [1.29, 1.82) is 0 Å². The van der Waals surface area contributed by atoms with Gasteiger partial charge in [0.2, 0.25) is 0 Å². The van der Waals surface area contributed by atoms with Gasteiger partial charge in [-0.2, -0.15) is 0 Å². The Morgan fingerprint density at radius 3 is 1.21 bits per heavy atom. The molecule has 0 spiro atoms. The lowest BCUT2D eigenvalue weighted by molar-refractivity contribution is -0.124. The van der Waals surface area contributed by atoms with Crippen molar-refractivity contribution in [2.75, 3.05) is 0 Å². The average Bonchev–Trinajstić information content (AvgIpc) is 2.93. The lowest BCUT2D eigenvalue weighted by Crippen LogP contribution is -2.13. The Bertz CT molecular complexity index is 548. The Morgan fingerprint density at radius 1 is 0.474 bits per heavy atom. The van der Waals surface area contributed by atoms with Gasteiger partial charge in [-0.3, -0.25) is 4.79 Å². The molecule has 0 aromatic heterocycles. The summed E-state index contributed by atoms with van der Waals surface area (Å²) in [5.74, 6) is -0.428. The van der Waals surface area contributed by atoms with Gasteiger partial charge in [0.05, 0.1) is 5.92 Å². The van der Waals surface area contributed by atoms with Crippen LogP contribution in [0.2, 0.25) is 0 Å². The molecule has 2 nitrogen and oxygen atoms in total. The molecule has 0 N–H and O–H groups in total. The molecule has 1 atom stereocenters. The second kappa shape index (κ2) is 32.0. The zero-order valence-corrected chi connectivity index (χ0v) is 25.9. The first-order valence-electron chi connectivity index (χ1n) is 17.1. The maximum absolute atomic E-state index is 12.3. The van der Waals surface area contributed by atoms with Crippen LogP contribution >= 0.6 is 0 Å². The Morgan fingerprint density at radius 2 is 0.816 bits per heavy atom. The van der Waals surface area contributed by atoms with Crippen LogP contribution in [0.1, 0.15) is 187 Å². The van der Waals surface area contributed by atoms with E-state index in [0.717, 1.165) is 38.4 Å². The van der Waals surface area contributed by atoms with E-state index in [1.165, 1.54) is 135 Å². The zero-order valence-electron chi connectivity index (χ0n) is 25.9. The summed E-state index contributed by atoms with van der Waals surface area (Å²) in [6.07, 6.45) is 43.6. The molecule has 0 aliphatic heterocycles. The minimum atomic E-state index is -0.435. The highest BCUT2D eigenvalue weighted by atomic mass is 16.1. The number of hydrogen-bond acceptors (Lipinski definition) is 2. The van der Waals surface area contributed by atoms with Crippen LogP contribution in [0.4, 0.5) is 0 Å². The minimum absolute atomic E-state index is 0.00678. The topological polar surface area (TPSA) is 34.1 Å². The Hall–Kier alpha value is -1.18. The normalized spacial score (nSPS) is 12.6. The molecule has 0 rings (SSSR count). The van der Waals surface area contributed by atoms with Crippen LogP contribution in [0.15, 0.2) is 24.3 Å². The molecule has 38 heavy (non-hydrogen) atoms. The molecule has 222 valence electrons. The summed E-state index contributed by atoms with van der Waals surface area (Å²) in [5, 5.41) is 0. The van der Waals surface area contributed by atoms with E-state index in [0.29, 0.717) is 6.42 Å². The third kappa shape index (κ3) is 27.8. The van der Waals surface area contributed by atoms with Gasteiger partial charge in [0, 0.05) is 0 Å². The molecule has 0 amide bonds. The number of allylic oxidation sites excluding steroid dienone is 4. The molecule has 0 aliphatic rings. The van der Waals surface area contributed by atoms with Crippen molar-refractivity contribution < 1.29 is 9.59 Å². The predicted octanol–water partition coefficient (Wildman–Crippen LogP) is 12.1. The Kier molecular flexibility index (Phi) is 31.0. The van der Waals surface area contributed by atoms with Gasteiger partial charge < -0.3 is 4.79 Å². The molecular weight excluding hydrogens is 464 g/mol. The smallest absolute Gasteiger partial charge is 0.165 e. The van der Waals surface area contributed by atoms with E-state index < -0.39 is 5.92 Å². The third-order valence-electron chi connectivity index (χ3n) is 7.81. The number of ketones is 1. The molecule has 2 heteroatoms. The lowest BCUT2D eigenvalue weighted by Gasteiger charge is -2.06. The second-order valence-electron chi connectivity index (χ2n) is 11.6. The first-order chi connectivity index (χ1) is 18.8. The molecule has 0 saturated carbocycles. The summed E-state index contributed by atoms with van der Waals surface area (Å²) in [6, 6.07) is 0. The summed E-state index contributed by atoms with van der Waals surface area (Å²) in [5.41, 5.74) is 0. The average molecular weight is 531 g/mol. The highest BCUT2D eigenvalue weighted by molar-refractivity contribution is 6.00. The Labute approximate surface area is 238 Å². The predicted molar refractivity (Wildman–Crippen MR) is 169 cm³/mol. The van der Waals surface area contributed by atoms with E-state index in [-0.39, 0.29) is 5.78 Å². The fourth-order valence-electron chi connectivity index (χ4n) is 5.14. The molecule has 0 aliphatic carbocycles. The molecular formula is C36H66O2. The van der Waals surface area contributed by atoms with Gasteiger partial charge in [0.1, 0.15) is 6.29 Å². The number of hydrogen-bond donors (Lipinski definition) is 0. The van der Waals surface area contributed by atoms with E-state index in [2.05, 4.69) is 26.0 Å². The van der Waals surface area contributed by atoms with Gasteiger partial charge in [0.15, 0.2) is 5.78 Å². The van der Waals surface area contributed by atoms with Gasteiger partial charge in [-0.15, -0.1) is 0 Å². The van der Waals surface area contributed by atoms with Crippen LogP contribution in [0.25, 0.3) is 0 Å². The molecule has 0 radical (unpaired) electrons. The standard InChI is InChI=1S/C36H66O2/c1-3-5-7-9-11-13-15-17-19-21-23-25-27-29-31-33-36(38)35(34-37)32-30-28-26-24-22-20-18-16-14-12-10-8-6-4-2/h18,20,31,33-35H,3-17,19,21-30,32H2,1-2H3/b20-18-,33-31?. The minimum Gasteiger partial charge on any atom is -0.303 e. The fraction of sp³-hybridized carbons (Fsp3) is 0.833. The van der Waals surface area contributed by atoms with Crippen molar-refractivity contribution in [2.45, 2.75) is 187 Å². The van der Waals surface area contributed by atoms with E-state index >= 15 is 0 Å². The molecule has 0 aromatic carbocycles. The molecule has 1 unspecified atom stereocenters. The van der Waals surface area contributed by atoms with Gasteiger partial charge >= 0.3 is 0 Å². The van der Waals surface area contributed by atoms with Crippen molar-refractivity contribution in [1.82, 2.24) is 0 Å². The van der Waals surface area contributed by atoms with Crippen LogP contribution in [-0.2, 0) is 9.59 Å². The van der Waals surface area contributed by atoms with E-state index in [1.54, 1.807) is 6.08 Å². The summed E-state index contributed by atoms with van der Waals surface area (Å²) >= 11 is 0. The summed E-state index contributed by atoms with van der Waals surface area (Å²) in [7, 11) is 0. The summed E-state index contributed by atoms with van der Waals surface area (Å²) in [6.45, 7) is 4.54. The van der Waals surface area contributed by atoms with Crippen molar-refractivity contribution in [2.24, 2.45) is 5.92 Å². The first-order valence-corrected chi connectivity index (χ1v) is 17.1. The van der Waals surface area contributed by atoms with Gasteiger partial charge in [-0.05, 0) is 51.0 Å². The van der Waals surface area contributed by atoms with Crippen LogP contribution < -0.4 is 0 Å². The van der Waals surface area contributed by atoms with Crippen LogP contribution in [0.5, 0.6) is 0 Å². The Balaban J connectivity index is 3.54. The zero-order chi connectivity index (χ0) is 27.8. The van der Waals surface area contributed by atoms with Gasteiger partial charge in [0.25, 0.3) is 0 Å². The van der Waals surface area contributed by atoms with Crippen LogP contribution in [0, 0.1) is 5.92 Å².